The average molecular weight is 222 g/mol. The largest absolute Gasteiger partial charge is 0.206 e. The van der Waals surface area contributed by atoms with Gasteiger partial charge in [-0.3, -0.25) is 0 Å². The van der Waals surface area contributed by atoms with E-state index in [2.05, 4.69) is 0 Å². The fraction of sp³-hybridized carbons (Fsp3) is 0. The smallest absolute Gasteiger partial charge is 0.131 e. The second-order valence-electron chi connectivity index (χ2n) is 1.69. The number of hydrogen-bond acceptors (Lipinski definition) is 0. The first kappa shape index (κ1) is 6.01. The maximum atomic E-state index is 12.0. The molecular formula is C6H4FI. The summed E-state index contributed by atoms with van der Waals surface area (Å²) in [6.45, 7) is 0. The minimum atomic E-state index is -0.0579. The van der Waals surface area contributed by atoms with Crippen molar-refractivity contribution in [3.8, 4) is 11.1 Å². The molecule has 0 fully saturated rings. The molecule has 2 heteroatoms. The predicted molar refractivity (Wildman–Crippen MR) is 40.8 cm³/mol. The average Bonchev–Trinajstić information content (AvgIpc) is 1.59. The molecule has 0 aromatic rings. The van der Waals surface area contributed by atoms with Gasteiger partial charge in [0.2, 0.25) is 0 Å². The van der Waals surface area contributed by atoms with E-state index < -0.39 is 0 Å². The Morgan fingerprint density at radius 2 is 2.00 bits per heavy atom. The van der Waals surface area contributed by atoms with Crippen LogP contribution in [0.2, 0.25) is 0 Å². The van der Waals surface area contributed by atoms with E-state index in [0.717, 1.165) is 11.1 Å². The summed E-state index contributed by atoms with van der Waals surface area (Å²) in [5.74, 6) is -0.0579. The van der Waals surface area contributed by atoms with Gasteiger partial charge < -0.3 is 0 Å². The van der Waals surface area contributed by atoms with Crippen molar-refractivity contribution in [2.75, 3.05) is 0 Å². The Morgan fingerprint density at radius 1 is 1.25 bits per heavy atom. The second kappa shape index (κ2) is 1.69. The molecule has 0 saturated carbocycles. The zero-order chi connectivity index (χ0) is 4.85. The third-order valence-corrected chi connectivity index (χ3v) is 1.28. The summed E-state index contributed by atoms with van der Waals surface area (Å²) in [7, 11) is 0. The molecule has 8 heavy (non-hydrogen) atoms. The quantitative estimate of drug-likeness (QED) is 0.600. The van der Waals surface area contributed by atoms with Gasteiger partial charge in [-0.15, -0.1) is 24.0 Å². The lowest BCUT2D eigenvalue weighted by Gasteiger charge is -2.13. The molecule has 0 aliphatic heterocycles. The highest BCUT2D eigenvalue weighted by Gasteiger charge is 2.14. The Balaban J connectivity index is 0.000000320. The van der Waals surface area contributed by atoms with Crippen molar-refractivity contribution in [1.29, 1.82) is 0 Å². The molecule has 0 unspecified atom stereocenters. The fourth-order valence-electron chi connectivity index (χ4n) is 0.743. The van der Waals surface area contributed by atoms with E-state index >= 15 is 0 Å². The van der Waals surface area contributed by atoms with Gasteiger partial charge in [-0.05, 0) is 11.6 Å². The van der Waals surface area contributed by atoms with Crippen LogP contribution in [0.3, 0.4) is 0 Å². The van der Waals surface area contributed by atoms with Gasteiger partial charge in [0.25, 0.3) is 0 Å². The van der Waals surface area contributed by atoms with Crippen LogP contribution >= 0.6 is 24.0 Å². The van der Waals surface area contributed by atoms with Crippen molar-refractivity contribution in [3.63, 3.8) is 0 Å². The fourth-order valence-corrected chi connectivity index (χ4v) is 0.743. The van der Waals surface area contributed by atoms with Gasteiger partial charge in [-0.25, -0.2) is 4.39 Å². The summed E-state index contributed by atoms with van der Waals surface area (Å²) in [4.78, 5) is 0. The van der Waals surface area contributed by atoms with E-state index in [-0.39, 0.29) is 29.8 Å². The van der Waals surface area contributed by atoms with Gasteiger partial charge in [-0.2, -0.15) is 0 Å². The van der Waals surface area contributed by atoms with Crippen LogP contribution in [-0.4, -0.2) is 0 Å². The summed E-state index contributed by atoms with van der Waals surface area (Å²) in [5, 5.41) is 0. The zero-order valence-corrected chi connectivity index (χ0v) is 6.35. The lowest BCUT2D eigenvalue weighted by Crippen LogP contribution is -1.94. The highest BCUT2D eigenvalue weighted by Crippen LogP contribution is 2.34. The van der Waals surface area contributed by atoms with Gasteiger partial charge in [0.1, 0.15) is 5.82 Å². The van der Waals surface area contributed by atoms with Crippen LogP contribution in [0.15, 0.2) is 18.2 Å². The molecule has 0 spiro atoms. The number of fused-ring (bicyclic) bond motifs is 1. The SMILES string of the molecule is Fc1cc2ccc1-2.I. The molecule has 0 N–H and O–H groups in total. The van der Waals surface area contributed by atoms with E-state index in [4.69, 9.17) is 0 Å². The molecule has 0 amide bonds. The van der Waals surface area contributed by atoms with Gasteiger partial charge in [-0.1, -0.05) is 12.1 Å². The molecule has 0 saturated heterocycles. The van der Waals surface area contributed by atoms with Crippen LogP contribution in [0.4, 0.5) is 4.39 Å². The van der Waals surface area contributed by atoms with Crippen LogP contribution < -0.4 is 0 Å². The molecule has 0 atom stereocenters. The molecule has 0 radical (unpaired) electrons. The second-order valence-corrected chi connectivity index (χ2v) is 1.69. The first-order valence-electron chi connectivity index (χ1n) is 2.18. The molecule has 2 aliphatic carbocycles. The summed E-state index contributed by atoms with van der Waals surface area (Å²) >= 11 is 0. The lowest BCUT2D eigenvalue weighted by molar-refractivity contribution is 0.621. The zero-order valence-electron chi connectivity index (χ0n) is 4.02. The highest BCUT2D eigenvalue weighted by atomic mass is 127. The minimum absolute atomic E-state index is 0. The van der Waals surface area contributed by atoms with Crippen LogP contribution in [-0.2, 0) is 0 Å². The first-order chi connectivity index (χ1) is 3.38. The number of halogens is 2. The van der Waals surface area contributed by atoms with Crippen molar-refractivity contribution in [2.45, 2.75) is 0 Å². The Kier molecular flexibility index (Phi) is 1.27. The van der Waals surface area contributed by atoms with Gasteiger partial charge in [0.05, 0.1) is 0 Å². The highest BCUT2D eigenvalue weighted by molar-refractivity contribution is 14.0. The lowest BCUT2D eigenvalue weighted by atomic mass is 9.93. The molecule has 0 aromatic heterocycles. The summed E-state index contributed by atoms with van der Waals surface area (Å²) in [5.41, 5.74) is 1.87. The molecule has 0 bridgehead atoms. The molecule has 0 heterocycles. The van der Waals surface area contributed by atoms with Crippen molar-refractivity contribution in [2.24, 2.45) is 0 Å². The third kappa shape index (κ3) is 0.491. The minimum Gasteiger partial charge on any atom is -0.206 e. The van der Waals surface area contributed by atoms with Crippen LogP contribution in [0.25, 0.3) is 11.1 Å². The van der Waals surface area contributed by atoms with Crippen molar-refractivity contribution >= 4 is 24.0 Å². The van der Waals surface area contributed by atoms with E-state index in [1.165, 1.54) is 6.07 Å². The molecule has 0 aromatic carbocycles. The number of hydrogen-bond donors (Lipinski definition) is 0. The van der Waals surface area contributed by atoms with Gasteiger partial charge in [0.15, 0.2) is 0 Å². The van der Waals surface area contributed by atoms with E-state index in [1.807, 2.05) is 6.07 Å². The Bertz CT molecular complexity index is 220. The monoisotopic (exact) mass is 222 g/mol. The van der Waals surface area contributed by atoms with Crippen molar-refractivity contribution < 1.29 is 4.39 Å². The van der Waals surface area contributed by atoms with Crippen molar-refractivity contribution in [3.05, 3.63) is 24.0 Å². The normalized spacial score (nSPS) is 10.1. The predicted octanol–water partition coefficient (Wildman–Crippen LogP) is 2.42. The van der Waals surface area contributed by atoms with Crippen LogP contribution in [0.5, 0.6) is 0 Å². The number of rotatable bonds is 0. The van der Waals surface area contributed by atoms with Gasteiger partial charge in [0, 0.05) is 5.56 Å². The topological polar surface area (TPSA) is 0 Å². The Morgan fingerprint density at radius 3 is 2.00 bits per heavy atom. The van der Waals surface area contributed by atoms with E-state index in [1.54, 1.807) is 6.07 Å². The standard InChI is InChI=1S/C6H3F.HI/c7-6-3-4-1-2-5(4)6;/h1-3H;1H. The molecule has 2 aliphatic rings. The third-order valence-electron chi connectivity index (χ3n) is 1.28. The Hall–Kier alpha value is -0.120. The molecular weight excluding hydrogens is 218 g/mol. The van der Waals surface area contributed by atoms with Crippen LogP contribution in [0, 0.1) is 5.82 Å². The maximum Gasteiger partial charge on any atom is 0.131 e. The van der Waals surface area contributed by atoms with E-state index in [9.17, 15) is 4.39 Å². The molecule has 0 nitrogen and oxygen atoms in total. The summed E-state index contributed by atoms with van der Waals surface area (Å²) in [6, 6.07) is 5.22. The van der Waals surface area contributed by atoms with Crippen LogP contribution in [0.1, 0.15) is 0 Å². The number of benzene rings is 1. The van der Waals surface area contributed by atoms with E-state index in [0.29, 0.717) is 0 Å². The molecule has 42 valence electrons. The Labute approximate surface area is 63.7 Å². The first-order valence-corrected chi connectivity index (χ1v) is 2.18. The summed E-state index contributed by atoms with van der Waals surface area (Å²) < 4.78 is 12.0. The van der Waals surface area contributed by atoms with Gasteiger partial charge >= 0.3 is 0 Å². The summed E-state index contributed by atoms with van der Waals surface area (Å²) in [6.07, 6.45) is 0. The molecule has 2 rings (SSSR count). The maximum absolute atomic E-state index is 12.0. The van der Waals surface area contributed by atoms with Crippen molar-refractivity contribution in [1.82, 2.24) is 0 Å².